The number of rotatable bonds is 6. The minimum absolute atomic E-state index is 0.000300. The van der Waals surface area contributed by atoms with Crippen LogP contribution in [0.1, 0.15) is 34.1 Å². The average Bonchev–Trinajstić information content (AvgIpc) is 2.53. The molecule has 0 aliphatic rings. The molecule has 21 heavy (non-hydrogen) atoms. The van der Waals surface area contributed by atoms with Crippen LogP contribution in [-0.2, 0) is 11.3 Å². The molecule has 0 aliphatic heterocycles. The van der Waals surface area contributed by atoms with Gasteiger partial charge in [-0.2, -0.15) is 4.57 Å². The molecule has 1 aromatic heterocycles. The van der Waals surface area contributed by atoms with E-state index in [2.05, 4.69) is 0 Å². The fourth-order valence-electron chi connectivity index (χ4n) is 1.87. The van der Waals surface area contributed by atoms with Gasteiger partial charge in [0.2, 0.25) is 12.3 Å². The number of aromatic nitrogens is 1. The van der Waals surface area contributed by atoms with Gasteiger partial charge in [0.25, 0.3) is 0 Å². The van der Waals surface area contributed by atoms with E-state index in [1.807, 2.05) is 42.1 Å². The quantitative estimate of drug-likeness (QED) is 0.465. The highest BCUT2D eigenvalue weighted by atomic mass is 16.5. The number of carbonyl (C=O) groups excluding carboxylic acids is 2. The van der Waals surface area contributed by atoms with Gasteiger partial charge in [0.1, 0.15) is 0 Å². The maximum absolute atomic E-state index is 12.1. The summed E-state index contributed by atoms with van der Waals surface area (Å²) in [5.41, 5.74) is 1.05. The predicted molar refractivity (Wildman–Crippen MR) is 78.0 cm³/mol. The molecule has 0 unspecified atom stereocenters. The lowest BCUT2D eigenvalue weighted by Crippen LogP contribution is -2.36. The molecular weight excluding hydrogens is 266 g/mol. The molecule has 2 aromatic rings. The number of nitrogens with zero attached hydrogens (tertiary/aromatic N) is 1. The first-order valence-corrected chi connectivity index (χ1v) is 6.95. The van der Waals surface area contributed by atoms with Gasteiger partial charge >= 0.3 is 5.97 Å². The Morgan fingerprint density at radius 3 is 2.24 bits per heavy atom. The summed E-state index contributed by atoms with van der Waals surface area (Å²) < 4.78 is 6.86. The van der Waals surface area contributed by atoms with Gasteiger partial charge < -0.3 is 4.74 Å². The molecule has 0 bridgehead atoms. The zero-order chi connectivity index (χ0) is 15.1. The van der Waals surface area contributed by atoms with E-state index in [9.17, 15) is 9.59 Å². The molecule has 0 atom stereocenters. The molecule has 0 saturated heterocycles. The summed E-state index contributed by atoms with van der Waals surface area (Å²) in [6, 6.07) is 12.2. The largest absolute Gasteiger partial charge is 0.462 e. The molecule has 0 radical (unpaired) electrons. The second-order valence-corrected chi connectivity index (χ2v) is 4.68. The molecule has 0 amide bonds. The van der Waals surface area contributed by atoms with Crippen LogP contribution in [-0.4, -0.2) is 18.4 Å². The van der Waals surface area contributed by atoms with Crippen molar-refractivity contribution in [2.24, 2.45) is 0 Å². The van der Waals surface area contributed by atoms with E-state index >= 15 is 0 Å². The van der Waals surface area contributed by atoms with Crippen LogP contribution < -0.4 is 4.57 Å². The van der Waals surface area contributed by atoms with Crippen molar-refractivity contribution in [3.05, 3.63) is 66.0 Å². The van der Waals surface area contributed by atoms with Crippen molar-refractivity contribution in [1.82, 2.24) is 0 Å². The van der Waals surface area contributed by atoms with E-state index in [0.29, 0.717) is 17.7 Å². The highest BCUT2D eigenvalue weighted by Gasteiger charge is 2.13. The number of pyridine rings is 1. The Bertz CT molecular complexity index is 606. The van der Waals surface area contributed by atoms with Gasteiger partial charge in [-0.1, -0.05) is 25.1 Å². The van der Waals surface area contributed by atoms with Gasteiger partial charge in [0.15, 0.2) is 12.4 Å². The average molecular weight is 284 g/mol. The van der Waals surface area contributed by atoms with Crippen LogP contribution >= 0.6 is 0 Å². The van der Waals surface area contributed by atoms with Crippen molar-refractivity contribution < 1.29 is 18.9 Å². The molecule has 0 aliphatic carbocycles. The molecule has 108 valence electrons. The number of esters is 1. The first kappa shape index (κ1) is 14.9. The number of benzene rings is 1. The van der Waals surface area contributed by atoms with Gasteiger partial charge in [0.05, 0.1) is 12.2 Å². The number of carbonyl (C=O) groups is 2. The monoisotopic (exact) mass is 284 g/mol. The third kappa shape index (κ3) is 4.24. The number of Topliss-reactive ketones (excluding diaryl/α,β-unsaturated/α-hetero) is 1. The highest BCUT2D eigenvalue weighted by Crippen LogP contribution is 2.07. The SMILES string of the molecule is CCCOC(=O)c1ccc(C(=O)C[n+]2ccccc2)cc1. The minimum Gasteiger partial charge on any atom is -0.462 e. The fraction of sp³-hybridized carbons (Fsp3) is 0.235. The Kier molecular flexibility index (Phi) is 5.21. The molecule has 0 spiro atoms. The second kappa shape index (κ2) is 7.33. The van der Waals surface area contributed by atoms with Gasteiger partial charge in [-0.25, -0.2) is 4.79 Å². The molecule has 1 aromatic carbocycles. The maximum Gasteiger partial charge on any atom is 0.338 e. The van der Waals surface area contributed by atoms with Crippen molar-refractivity contribution in [3.8, 4) is 0 Å². The smallest absolute Gasteiger partial charge is 0.338 e. The number of hydrogen-bond donors (Lipinski definition) is 0. The van der Waals surface area contributed by atoms with Crippen LogP contribution in [0.25, 0.3) is 0 Å². The predicted octanol–water partition coefficient (Wildman–Crippen LogP) is 2.42. The normalized spacial score (nSPS) is 10.1. The summed E-state index contributed by atoms with van der Waals surface area (Å²) in [6.45, 7) is 2.63. The number of ether oxygens (including phenoxy) is 1. The van der Waals surface area contributed by atoms with Crippen molar-refractivity contribution in [3.63, 3.8) is 0 Å². The highest BCUT2D eigenvalue weighted by molar-refractivity contribution is 5.96. The Morgan fingerprint density at radius 1 is 1.00 bits per heavy atom. The molecule has 0 fully saturated rings. The van der Waals surface area contributed by atoms with Crippen molar-refractivity contribution >= 4 is 11.8 Å². The topological polar surface area (TPSA) is 47.3 Å². The number of ketones is 1. The molecule has 1 heterocycles. The summed E-state index contributed by atoms with van der Waals surface area (Å²) in [4.78, 5) is 23.8. The maximum atomic E-state index is 12.1. The van der Waals surface area contributed by atoms with Gasteiger partial charge in [-0.15, -0.1) is 0 Å². The van der Waals surface area contributed by atoms with Gasteiger partial charge in [-0.3, -0.25) is 4.79 Å². The lowest BCUT2D eigenvalue weighted by Gasteiger charge is -2.03. The third-order valence-electron chi connectivity index (χ3n) is 2.98. The summed E-state index contributed by atoms with van der Waals surface area (Å²) in [5.74, 6) is -0.354. The van der Waals surface area contributed by atoms with Crippen LogP contribution in [0.15, 0.2) is 54.9 Å². The van der Waals surface area contributed by atoms with Crippen LogP contribution in [0.4, 0.5) is 0 Å². The molecular formula is C17H18NO3+. The van der Waals surface area contributed by atoms with Crippen LogP contribution in [0.3, 0.4) is 0 Å². The van der Waals surface area contributed by atoms with Crippen molar-refractivity contribution in [2.45, 2.75) is 19.9 Å². The van der Waals surface area contributed by atoms with Crippen LogP contribution in [0, 0.1) is 0 Å². The molecule has 2 rings (SSSR count). The van der Waals surface area contributed by atoms with Crippen LogP contribution in [0.5, 0.6) is 0 Å². The van der Waals surface area contributed by atoms with E-state index in [-0.39, 0.29) is 18.3 Å². The minimum atomic E-state index is -0.353. The summed E-state index contributed by atoms with van der Waals surface area (Å²) in [6.07, 6.45) is 4.47. The van der Waals surface area contributed by atoms with Crippen molar-refractivity contribution in [2.75, 3.05) is 6.61 Å². The Hall–Kier alpha value is -2.49. The number of hydrogen-bond acceptors (Lipinski definition) is 3. The Morgan fingerprint density at radius 2 is 1.62 bits per heavy atom. The third-order valence-corrected chi connectivity index (χ3v) is 2.98. The first-order valence-electron chi connectivity index (χ1n) is 6.95. The molecule has 4 heteroatoms. The second-order valence-electron chi connectivity index (χ2n) is 4.68. The Labute approximate surface area is 124 Å². The van der Waals surface area contributed by atoms with Gasteiger partial charge in [-0.05, 0) is 18.6 Å². The summed E-state index contributed by atoms with van der Waals surface area (Å²) in [5, 5.41) is 0. The van der Waals surface area contributed by atoms with Gasteiger partial charge in [0, 0.05) is 17.7 Å². The lowest BCUT2D eigenvalue weighted by molar-refractivity contribution is -0.683. The zero-order valence-corrected chi connectivity index (χ0v) is 12.0. The Balaban J connectivity index is 2.01. The molecule has 0 saturated carbocycles. The van der Waals surface area contributed by atoms with E-state index in [0.717, 1.165) is 6.42 Å². The summed E-state index contributed by atoms with van der Waals surface area (Å²) in [7, 11) is 0. The van der Waals surface area contributed by atoms with E-state index in [1.54, 1.807) is 24.3 Å². The van der Waals surface area contributed by atoms with E-state index in [1.165, 1.54) is 0 Å². The summed E-state index contributed by atoms with van der Waals surface area (Å²) >= 11 is 0. The zero-order valence-electron chi connectivity index (χ0n) is 12.0. The van der Waals surface area contributed by atoms with E-state index < -0.39 is 0 Å². The van der Waals surface area contributed by atoms with E-state index in [4.69, 9.17) is 4.74 Å². The first-order chi connectivity index (χ1) is 10.2. The molecule has 4 nitrogen and oxygen atoms in total. The van der Waals surface area contributed by atoms with Crippen molar-refractivity contribution in [1.29, 1.82) is 0 Å². The van der Waals surface area contributed by atoms with Crippen LogP contribution in [0.2, 0.25) is 0 Å². The lowest BCUT2D eigenvalue weighted by atomic mass is 10.1. The standard InChI is InChI=1S/C17H18NO3/c1-2-12-21-17(20)15-8-6-14(7-9-15)16(19)13-18-10-4-3-5-11-18/h3-11H,2,12-13H2,1H3/q+1. The fourth-order valence-corrected chi connectivity index (χ4v) is 1.87. The molecule has 0 N–H and O–H groups in total.